The third-order valence-corrected chi connectivity index (χ3v) is 4.10. The van der Waals surface area contributed by atoms with E-state index in [9.17, 15) is 4.39 Å². The third kappa shape index (κ3) is 4.98. The Morgan fingerprint density at radius 1 is 1.36 bits per heavy atom. The molecule has 4 nitrogen and oxygen atoms in total. The van der Waals surface area contributed by atoms with Crippen molar-refractivity contribution in [1.82, 2.24) is 15.5 Å². The average Bonchev–Trinajstić information content (AvgIpc) is 2.97. The van der Waals surface area contributed by atoms with Crippen LogP contribution in [0.2, 0.25) is 0 Å². The second-order valence-corrected chi connectivity index (χ2v) is 5.85. The predicted octanol–water partition coefficient (Wildman–Crippen LogP) is 2.22. The number of likely N-dealkylation sites (tertiary alicyclic amines) is 1. The van der Waals surface area contributed by atoms with Crippen molar-refractivity contribution in [2.24, 2.45) is 10.9 Å². The number of rotatable bonds is 6. The fourth-order valence-electron chi connectivity index (χ4n) is 2.88. The zero-order valence-electron chi connectivity index (χ0n) is 13.6. The molecule has 1 aromatic rings. The average molecular weight is 306 g/mol. The van der Waals surface area contributed by atoms with Gasteiger partial charge in [0.2, 0.25) is 0 Å². The Kier molecular flexibility index (Phi) is 6.65. The van der Waals surface area contributed by atoms with Crippen molar-refractivity contribution in [2.45, 2.75) is 26.3 Å². The van der Waals surface area contributed by atoms with Crippen molar-refractivity contribution >= 4 is 5.96 Å². The lowest BCUT2D eigenvalue weighted by Crippen LogP contribution is -2.40. The van der Waals surface area contributed by atoms with Gasteiger partial charge < -0.3 is 15.5 Å². The minimum Gasteiger partial charge on any atom is -0.356 e. The van der Waals surface area contributed by atoms with Crippen molar-refractivity contribution in [3.05, 3.63) is 35.6 Å². The fraction of sp³-hybridized carbons (Fsp3) is 0.588. The number of hydrogen-bond donors (Lipinski definition) is 2. The summed E-state index contributed by atoms with van der Waals surface area (Å²) in [5, 5.41) is 6.53. The normalized spacial score (nSPS) is 19.4. The summed E-state index contributed by atoms with van der Waals surface area (Å²) < 4.78 is 13.6. The van der Waals surface area contributed by atoms with Gasteiger partial charge in [-0.2, -0.15) is 0 Å². The summed E-state index contributed by atoms with van der Waals surface area (Å²) in [6, 6.07) is 6.81. The molecule has 2 rings (SSSR count). The van der Waals surface area contributed by atoms with Gasteiger partial charge in [0.1, 0.15) is 5.82 Å². The Balaban J connectivity index is 1.73. The number of guanidine groups is 1. The summed E-state index contributed by atoms with van der Waals surface area (Å²) in [5.41, 5.74) is 0.653. The monoisotopic (exact) mass is 306 g/mol. The van der Waals surface area contributed by atoms with E-state index in [4.69, 9.17) is 0 Å². The summed E-state index contributed by atoms with van der Waals surface area (Å²) >= 11 is 0. The van der Waals surface area contributed by atoms with Crippen molar-refractivity contribution in [1.29, 1.82) is 0 Å². The first kappa shape index (κ1) is 16.7. The molecule has 5 heteroatoms. The van der Waals surface area contributed by atoms with Gasteiger partial charge in [0.15, 0.2) is 5.96 Å². The van der Waals surface area contributed by atoms with Crippen molar-refractivity contribution in [3.63, 3.8) is 0 Å². The van der Waals surface area contributed by atoms with E-state index >= 15 is 0 Å². The van der Waals surface area contributed by atoms with Gasteiger partial charge in [-0.05, 0) is 37.9 Å². The van der Waals surface area contributed by atoms with Crippen molar-refractivity contribution < 1.29 is 4.39 Å². The van der Waals surface area contributed by atoms with Gasteiger partial charge in [-0.3, -0.25) is 4.99 Å². The van der Waals surface area contributed by atoms with Crippen LogP contribution in [0.3, 0.4) is 0 Å². The molecule has 1 fully saturated rings. The van der Waals surface area contributed by atoms with E-state index in [2.05, 4.69) is 27.4 Å². The fourth-order valence-corrected chi connectivity index (χ4v) is 2.88. The molecule has 0 bridgehead atoms. The summed E-state index contributed by atoms with van der Waals surface area (Å²) in [5.74, 6) is 1.22. The van der Waals surface area contributed by atoms with Gasteiger partial charge in [0.25, 0.3) is 0 Å². The molecule has 0 spiro atoms. The van der Waals surface area contributed by atoms with E-state index in [-0.39, 0.29) is 5.82 Å². The minimum atomic E-state index is -0.184. The molecule has 1 aromatic carbocycles. The van der Waals surface area contributed by atoms with E-state index in [1.807, 2.05) is 6.07 Å². The Morgan fingerprint density at radius 2 is 2.18 bits per heavy atom. The smallest absolute Gasteiger partial charge is 0.191 e. The van der Waals surface area contributed by atoms with Gasteiger partial charge in [0, 0.05) is 32.2 Å². The maximum absolute atomic E-state index is 13.6. The molecule has 1 saturated heterocycles. The molecular weight excluding hydrogens is 279 g/mol. The van der Waals surface area contributed by atoms with E-state index in [0.717, 1.165) is 19.0 Å². The first-order valence-corrected chi connectivity index (χ1v) is 8.13. The Bertz CT molecular complexity index is 489. The summed E-state index contributed by atoms with van der Waals surface area (Å²) in [4.78, 5) is 6.72. The third-order valence-electron chi connectivity index (χ3n) is 4.10. The molecule has 1 atom stereocenters. The molecular formula is C17H27FN4. The molecule has 1 aliphatic heterocycles. The number of halogens is 1. The van der Waals surface area contributed by atoms with E-state index in [1.165, 1.54) is 32.0 Å². The SMILES string of the molecule is CCCN1CCC(CNC(=NC)NCc2ccccc2F)C1. The molecule has 2 N–H and O–H groups in total. The maximum Gasteiger partial charge on any atom is 0.191 e. The zero-order chi connectivity index (χ0) is 15.8. The summed E-state index contributed by atoms with van der Waals surface area (Å²) in [6.07, 6.45) is 2.45. The van der Waals surface area contributed by atoms with Gasteiger partial charge >= 0.3 is 0 Å². The van der Waals surface area contributed by atoms with Crippen LogP contribution in [0.4, 0.5) is 4.39 Å². The highest BCUT2D eigenvalue weighted by Crippen LogP contribution is 2.15. The molecule has 1 unspecified atom stereocenters. The predicted molar refractivity (Wildman–Crippen MR) is 89.4 cm³/mol. The molecule has 0 aromatic heterocycles. The van der Waals surface area contributed by atoms with Gasteiger partial charge in [-0.15, -0.1) is 0 Å². The van der Waals surface area contributed by atoms with Crippen LogP contribution in [0.25, 0.3) is 0 Å². The highest BCUT2D eigenvalue weighted by molar-refractivity contribution is 5.79. The van der Waals surface area contributed by atoms with Crippen molar-refractivity contribution in [2.75, 3.05) is 33.2 Å². The molecule has 1 heterocycles. The largest absolute Gasteiger partial charge is 0.356 e. The van der Waals surface area contributed by atoms with Crippen LogP contribution >= 0.6 is 0 Å². The number of aliphatic imine (C=N–C) groups is 1. The first-order valence-electron chi connectivity index (χ1n) is 8.13. The maximum atomic E-state index is 13.6. The van der Waals surface area contributed by atoms with Gasteiger partial charge in [-0.25, -0.2) is 4.39 Å². The Hall–Kier alpha value is -1.62. The van der Waals surface area contributed by atoms with E-state index in [0.29, 0.717) is 18.0 Å². The van der Waals surface area contributed by atoms with Crippen LogP contribution in [-0.4, -0.2) is 44.1 Å². The lowest BCUT2D eigenvalue weighted by molar-refractivity contribution is 0.324. The lowest BCUT2D eigenvalue weighted by Gasteiger charge is -2.17. The van der Waals surface area contributed by atoms with Crippen LogP contribution < -0.4 is 10.6 Å². The van der Waals surface area contributed by atoms with Crippen LogP contribution in [0.15, 0.2) is 29.3 Å². The molecule has 22 heavy (non-hydrogen) atoms. The van der Waals surface area contributed by atoms with Crippen LogP contribution in [0.1, 0.15) is 25.3 Å². The van der Waals surface area contributed by atoms with Crippen LogP contribution in [0, 0.1) is 11.7 Å². The highest BCUT2D eigenvalue weighted by Gasteiger charge is 2.21. The van der Waals surface area contributed by atoms with Crippen molar-refractivity contribution in [3.8, 4) is 0 Å². The second kappa shape index (κ2) is 8.73. The summed E-state index contributed by atoms with van der Waals surface area (Å²) in [7, 11) is 1.74. The zero-order valence-corrected chi connectivity index (χ0v) is 13.6. The molecule has 122 valence electrons. The van der Waals surface area contributed by atoms with Gasteiger partial charge in [-0.1, -0.05) is 25.1 Å². The highest BCUT2D eigenvalue weighted by atomic mass is 19.1. The van der Waals surface area contributed by atoms with Crippen LogP contribution in [0.5, 0.6) is 0 Å². The topological polar surface area (TPSA) is 39.7 Å². The molecule has 0 amide bonds. The van der Waals surface area contributed by atoms with E-state index in [1.54, 1.807) is 19.2 Å². The first-order chi connectivity index (χ1) is 10.7. The minimum absolute atomic E-state index is 0.184. The molecule has 0 aliphatic carbocycles. The van der Waals surface area contributed by atoms with Crippen LogP contribution in [-0.2, 0) is 6.54 Å². The Morgan fingerprint density at radius 3 is 2.91 bits per heavy atom. The number of nitrogens with zero attached hydrogens (tertiary/aromatic N) is 2. The summed E-state index contributed by atoms with van der Waals surface area (Å²) in [6.45, 7) is 7.12. The quantitative estimate of drug-likeness (QED) is 0.625. The standard InChI is InChI=1S/C17H27FN4/c1-3-9-22-10-8-14(13-22)11-20-17(19-2)21-12-15-6-4-5-7-16(15)18/h4-7,14H,3,8-13H2,1-2H3,(H2,19,20,21). The second-order valence-electron chi connectivity index (χ2n) is 5.85. The lowest BCUT2D eigenvalue weighted by atomic mass is 10.1. The number of hydrogen-bond acceptors (Lipinski definition) is 2. The Labute approximate surface area is 132 Å². The van der Waals surface area contributed by atoms with Gasteiger partial charge in [0.05, 0.1) is 0 Å². The molecule has 1 aliphatic rings. The molecule has 0 saturated carbocycles. The number of benzene rings is 1. The van der Waals surface area contributed by atoms with E-state index < -0.39 is 0 Å². The number of nitrogens with one attached hydrogen (secondary N) is 2. The molecule has 0 radical (unpaired) electrons.